The Balaban J connectivity index is 2.65. The Morgan fingerprint density at radius 2 is 2.25 bits per heavy atom. The summed E-state index contributed by atoms with van der Waals surface area (Å²) in [6.45, 7) is 4.05. The molecule has 2 nitrogen and oxygen atoms in total. The van der Waals surface area contributed by atoms with E-state index in [2.05, 4.69) is 21.2 Å². The Hall–Kier alpha value is -0.900. The molecule has 1 aromatic rings. The number of nitrogens with one attached hydrogen (secondary N) is 1. The highest BCUT2D eigenvalue weighted by Gasteiger charge is 2.09. The van der Waals surface area contributed by atoms with Crippen LogP contribution in [0.1, 0.15) is 26.7 Å². The first-order chi connectivity index (χ1) is 7.52. The fraction of sp³-hybridized carbons (Fsp3) is 0.417. The van der Waals surface area contributed by atoms with Crippen LogP contribution >= 0.6 is 15.9 Å². The zero-order valence-electron chi connectivity index (χ0n) is 9.39. The Kier molecular flexibility index (Phi) is 4.93. The van der Waals surface area contributed by atoms with Crippen molar-refractivity contribution in [2.75, 3.05) is 5.32 Å². The summed E-state index contributed by atoms with van der Waals surface area (Å²) < 4.78 is 13.6. The van der Waals surface area contributed by atoms with Crippen molar-refractivity contribution in [3.63, 3.8) is 0 Å². The molecule has 0 heterocycles. The standard InChI is InChI=1S/C12H15BrFNO/c1-3-8(2)6-12(16)15-11-7-9(14)4-5-10(11)13/h4-5,7-8H,3,6H2,1-2H3,(H,15,16). The minimum atomic E-state index is -0.359. The molecule has 0 aliphatic heterocycles. The lowest BCUT2D eigenvalue weighted by Gasteiger charge is -2.10. The van der Waals surface area contributed by atoms with Gasteiger partial charge in [0.15, 0.2) is 0 Å². The number of amides is 1. The van der Waals surface area contributed by atoms with Crippen LogP contribution in [0.4, 0.5) is 10.1 Å². The fourth-order valence-electron chi connectivity index (χ4n) is 1.26. The summed E-state index contributed by atoms with van der Waals surface area (Å²) in [4.78, 5) is 11.6. The molecule has 4 heteroatoms. The molecule has 0 aromatic heterocycles. The van der Waals surface area contributed by atoms with Crippen LogP contribution in [-0.2, 0) is 4.79 Å². The predicted octanol–water partition coefficient (Wildman–Crippen LogP) is 3.96. The maximum atomic E-state index is 13.0. The van der Waals surface area contributed by atoms with E-state index in [0.717, 1.165) is 6.42 Å². The van der Waals surface area contributed by atoms with Gasteiger partial charge in [0.2, 0.25) is 5.91 Å². The van der Waals surface area contributed by atoms with Gasteiger partial charge in [0.05, 0.1) is 5.69 Å². The summed E-state index contributed by atoms with van der Waals surface area (Å²) in [6, 6.07) is 4.22. The van der Waals surface area contributed by atoms with E-state index in [0.29, 0.717) is 22.5 Å². The van der Waals surface area contributed by atoms with E-state index in [1.54, 1.807) is 6.07 Å². The van der Waals surface area contributed by atoms with Gasteiger partial charge in [0.25, 0.3) is 0 Å². The van der Waals surface area contributed by atoms with E-state index in [1.807, 2.05) is 13.8 Å². The molecular formula is C12H15BrFNO. The van der Waals surface area contributed by atoms with E-state index >= 15 is 0 Å². The number of rotatable bonds is 4. The largest absolute Gasteiger partial charge is 0.325 e. The molecule has 0 fully saturated rings. The van der Waals surface area contributed by atoms with Gasteiger partial charge in [-0.05, 0) is 40.0 Å². The summed E-state index contributed by atoms with van der Waals surface area (Å²) in [5.41, 5.74) is 0.480. The summed E-state index contributed by atoms with van der Waals surface area (Å²) in [5.74, 6) is -0.102. The number of hydrogen-bond acceptors (Lipinski definition) is 1. The molecule has 88 valence electrons. The molecule has 1 N–H and O–H groups in total. The second-order valence-corrected chi connectivity index (χ2v) is 4.74. The highest BCUT2D eigenvalue weighted by atomic mass is 79.9. The third-order valence-electron chi connectivity index (χ3n) is 2.43. The van der Waals surface area contributed by atoms with Crippen LogP contribution < -0.4 is 5.32 Å². The lowest BCUT2D eigenvalue weighted by molar-refractivity contribution is -0.117. The molecule has 0 radical (unpaired) electrons. The summed E-state index contributed by atoms with van der Waals surface area (Å²) in [5, 5.41) is 2.69. The molecule has 1 aromatic carbocycles. The van der Waals surface area contributed by atoms with Crippen LogP contribution in [0.2, 0.25) is 0 Å². The molecule has 0 spiro atoms. The van der Waals surface area contributed by atoms with Crippen molar-refractivity contribution in [2.45, 2.75) is 26.7 Å². The monoisotopic (exact) mass is 287 g/mol. The first-order valence-electron chi connectivity index (χ1n) is 5.27. The van der Waals surface area contributed by atoms with Crippen molar-refractivity contribution in [3.05, 3.63) is 28.5 Å². The smallest absolute Gasteiger partial charge is 0.224 e. The van der Waals surface area contributed by atoms with E-state index in [1.165, 1.54) is 12.1 Å². The number of halogens is 2. The molecule has 1 unspecified atom stereocenters. The summed E-state index contributed by atoms with van der Waals surface area (Å²) in [6.07, 6.45) is 1.41. The zero-order valence-corrected chi connectivity index (χ0v) is 11.0. The maximum absolute atomic E-state index is 13.0. The highest BCUT2D eigenvalue weighted by molar-refractivity contribution is 9.10. The summed E-state index contributed by atoms with van der Waals surface area (Å²) in [7, 11) is 0. The first kappa shape index (κ1) is 13.2. The molecule has 0 bridgehead atoms. The van der Waals surface area contributed by atoms with Gasteiger partial charge in [-0.3, -0.25) is 4.79 Å². The molecule has 1 amide bonds. The van der Waals surface area contributed by atoms with Crippen molar-refractivity contribution >= 4 is 27.5 Å². The van der Waals surface area contributed by atoms with Crippen molar-refractivity contribution in [1.29, 1.82) is 0 Å². The lowest BCUT2D eigenvalue weighted by atomic mass is 10.1. The van der Waals surface area contributed by atoms with Crippen molar-refractivity contribution in [2.24, 2.45) is 5.92 Å². The molecule has 0 aliphatic rings. The molecule has 1 rings (SSSR count). The third-order valence-corrected chi connectivity index (χ3v) is 3.12. The molecule has 0 aliphatic carbocycles. The van der Waals surface area contributed by atoms with E-state index < -0.39 is 0 Å². The van der Waals surface area contributed by atoms with Crippen molar-refractivity contribution in [1.82, 2.24) is 0 Å². The van der Waals surface area contributed by atoms with Crippen LogP contribution in [0.3, 0.4) is 0 Å². The van der Waals surface area contributed by atoms with E-state index in [9.17, 15) is 9.18 Å². The first-order valence-corrected chi connectivity index (χ1v) is 6.07. The average Bonchev–Trinajstić information content (AvgIpc) is 2.23. The third kappa shape index (κ3) is 3.93. The highest BCUT2D eigenvalue weighted by Crippen LogP contribution is 2.23. The zero-order chi connectivity index (χ0) is 12.1. The van der Waals surface area contributed by atoms with Crippen LogP contribution in [0.15, 0.2) is 22.7 Å². The topological polar surface area (TPSA) is 29.1 Å². The Labute approximate surface area is 103 Å². The fourth-order valence-corrected chi connectivity index (χ4v) is 1.60. The van der Waals surface area contributed by atoms with Crippen molar-refractivity contribution < 1.29 is 9.18 Å². The average molecular weight is 288 g/mol. The molecule has 0 saturated carbocycles. The van der Waals surface area contributed by atoms with Gasteiger partial charge in [-0.15, -0.1) is 0 Å². The van der Waals surface area contributed by atoms with Gasteiger partial charge in [-0.2, -0.15) is 0 Å². The molecule has 1 atom stereocenters. The van der Waals surface area contributed by atoms with Gasteiger partial charge in [0.1, 0.15) is 5.82 Å². The van der Waals surface area contributed by atoms with Crippen LogP contribution in [-0.4, -0.2) is 5.91 Å². The van der Waals surface area contributed by atoms with Crippen LogP contribution in [0.25, 0.3) is 0 Å². The van der Waals surface area contributed by atoms with E-state index in [-0.39, 0.29) is 11.7 Å². The van der Waals surface area contributed by atoms with E-state index in [4.69, 9.17) is 0 Å². The number of hydrogen-bond donors (Lipinski definition) is 1. The minimum absolute atomic E-state index is 0.0827. The normalized spacial score (nSPS) is 12.2. The Morgan fingerprint density at radius 1 is 1.56 bits per heavy atom. The SMILES string of the molecule is CCC(C)CC(=O)Nc1cc(F)ccc1Br. The van der Waals surface area contributed by atoms with Gasteiger partial charge in [0, 0.05) is 10.9 Å². The quantitative estimate of drug-likeness (QED) is 0.892. The van der Waals surface area contributed by atoms with Crippen LogP contribution in [0, 0.1) is 11.7 Å². The number of anilines is 1. The van der Waals surface area contributed by atoms with Gasteiger partial charge in [-0.25, -0.2) is 4.39 Å². The Morgan fingerprint density at radius 3 is 2.88 bits per heavy atom. The Bertz CT molecular complexity index is 381. The minimum Gasteiger partial charge on any atom is -0.325 e. The second kappa shape index (κ2) is 5.99. The predicted molar refractivity (Wildman–Crippen MR) is 66.8 cm³/mol. The second-order valence-electron chi connectivity index (χ2n) is 3.89. The number of benzene rings is 1. The summed E-state index contributed by atoms with van der Waals surface area (Å²) >= 11 is 3.26. The van der Waals surface area contributed by atoms with Gasteiger partial charge < -0.3 is 5.32 Å². The van der Waals surface area contributed by atoms with Crippen LogP contribution in [0.5, 0.6) is 0 Å². The van der Waals surface area contributed by atoms with Gasteiger partial charge >= 0.3 is 0 Å². The number of carbonyl (C=O) groups excluding carboxylic acids is 1. The number of carbonyl (C=O) groups is 1. The molecule has 0 saturated heterocycles. The molecular weight excluding hydrogens is 273 g/mol. The lowest BCUT2D eigenvalue weighted by Crippen LogP contribution is -2.15. The van der Waals surface area contributed by atoms with Crippen molar-refractivity contribution in [3.8, 4) is 0 Å². The maximum Gasteiger partial charge on any atom is 0.224 e. The van der Waals surface area contributed by atoms with Gasteiger partial charge in [-0.1, -0.05) is 20.3 Å². The molecule has 16 heavy (non-hydrogen) atoms.